The van der Waals surface area contributed by atoms with Crippen LogP contribution in [0.3, 0.4) is 0 Å². The van der Waals surface area contributed by atoms with Gasteiger partial charge in [-0.05, 0) is 55.7 Å². The Labute approximate surface area is 113 Å². The minimum Gasteiger partial charge on any atom is -0.382 e. The summed E-state index contributed by atoms with van der Waals surface area (Å²) < 4.78 is 0. The van der Waals surface area contributed by atoms with Crippen molar-refractivity contribution in [2.75, 3.05) is 5.32 Å². The highest BCUT2D eigenvalue weighted by atomic mass is 15.1. The highest BCUT2D eigenvalue weighted by Gasteiger charge is 2.38. The summed E-state index contributed by atoms with van der Waals surface area (Å²) in [5, 5.41) is 11.9. The molecule has 1 fully saturated rings. The molecule has 0 saturated heterocycles. The largest absolute Gasteiger partial charge is 0.382 e. The first-order chi connectivity index (χ1) is 9.29. The Bertz CT molecular complexity index is 628. The molecule has 98 valence electrons. The fourth-order valence-corrected chi connectivity index (χ4v) is 3.79. The number of allylic oxidation sites excluding steroid dienone is 2. The molecule has 1 aromatic carbocycles. The van der Waals surface area contributed by atoms with Gasteiger partial charge in [0, 0.05) is 17.1 Å². The lowest BCUT2D eigenvalue weighted by molar-refractivity contribution is 0.400. The minimum absolute atomic E-state index is 0.528. The minimum atomic E-state index is 0.528. The van der Waals surface area contributed by atoms with Crippen molar-refractivity contribution in [2.24, 2.45) is 17.8 Å². The van der Waals surface area contributed by atoms with E-state index >= 15 is 0 Å². The second-order valence-electron chi connectivity index (χ2n) is 6.05. The number of hydrogen-bond donors (Lipinski definition) is 2. The Morgan fingerprint density at radius 1 is 1.32 bits per heavy atom. The first kappa shape index (κ1) is 11.1. The van der Waals surface area contributed by atoms with E-state index in [1.165, 1.54) is 23.9 Å². The van der Waals surface area contributed by atoms with Gasteiger partial charge in [0.25, 0.3) is 0 Å². The van der Waals surface area contributed by atoms with Crippen LogP contribution in [0.1, 0.15) is 19.8 Å². The van der Waals surface area contributed by atoms with E-state index in [4.69, 9.17) is 0 Å². The van der Waals surface area contributed by atoms with Crippen LogP contribution < -0.4 is 5.32 Å². The number of anilines is 1. The lowest BCUT2D eigenvalue weighted by Crippen LogP contribution is -2.28. The predicted octanol–water partition coefficient (Wildman–Crippen LogP) is 3.58. The highest BCUT2D eigenvalue weighted by molar-refractivity contribution is 5.81. The van der Waals surface area contributed by atoms with E-state index < -0.39 is 0 Å². The summed E-state index contributed by atoms with van der Waals surface area (Å²) >= 11 is 0. The number of fused-ring (bicyclic) bond motifs is 3. The normalized spacial score (nSPS) is 30.1. The molecule has 2 aromatic rings. The van der Waals surface area contributed by atoms with Gasteiger partial charge in [-0.3, -0.25) is 5.10 Å². The Balaban J connectivity index is 1.52. The molecule has 1 saturated carbocycles. The van der Waals surface area contributed by atoms with E-state index in [0.717, 1.165) is 23.3 Å². The Morgan fingerprint density at radius 2 is 2.26 bits per heavy atom. The van der Waals surface area contributed by atoms with E-state index in [1.807, 2.05) is 6.20 Å². The van der Waals surface area contributed by atoms with Gasteiger partial charge < -0.3 is 5.32 Å². The molecule has 0 spiro atoms. The zero-order chi connectivity index (χ0) is 12.8. The number of nitrogens with one attached hydrogen (secondary N) is 2. The molecule has 0 aliphatic heterocycles. The average Bonchev–Trinajstić information content (AvgIpc) is 3.13. The van der Waals surface area contributed by atoms with Crippen molar-refractivity contribution in [1.82, 2.24) is 10.2 Å². The summed E-state index contributed by atoms with van der Waals surface area (Å²) in [5.41, 5.74) is 2.29. The number of hydrogen-bond acceptors (Lipinski definition) is 2. The van der Waals surface area contributed by atoms with Crippen molar-refractivity contribution in [3.05, 3.63) is 36.5 Å². The Kier molecular flexibility index (Phi) is 2.40. The summed E-state index contributed by atoms with van der Waals surface area (Å²) in [6, 6.07) is 6.95. The third kappa shape index (κ3) is 1.84. The van der Waals surface area contributed by atoms with Gasteiger partial charge in [-0.2, -0.15) is 5.10 Å². The molecule has 19 heavy (non-hydrogen) atoms. The molecule has 3 nitrogen and oxygen atoms in total. The summed E-state index contributed by atoms with van der Waals surface area (Å²) in [7, 11) is 0. The fourth-order valence-electron chi connectivity index (χ4n) is 3.79. The van der Waals surface area contributed by atoms with Crippen LogP contribution >= 0.6 is 0 Å². The predicted molar refractivity (Wildman–Crippen MR) is 78.0 cm³/mol. The van der Waals surface area contributed by atoms with Crippen LogP contribution in [0, 0.1) is 17.8 Å². The van der Waals surface area contributed by atoms with Gasteiger partial charge in [0.1, 0.15) is 0 Å². The van der Waals surface area contributed by atoms with Crippen LogP contribution in [0.5, 0.6) is 0 Å². The fraction of sp³-hybridized carbons (Fsp3) is 0.438. The van der Waals surface area contributed by atoms with Gasteiger partial charge >= 0.3 is 0 Å². The summed E-state index contributed by atoms with van der Waals surface area (Å²) in [4.78, 5) is 0. The first-order valence-corrected chi connectivity index (χ1v) is 7.17. The SMILES string of the molecule is CC(Nc1ccc2cn[nH]c2c1)C1CC2C=CC1C2. The van der Waals surface area contributed by atoms with Crippen LogP contribution in [-0.4, -0.2) is 16.2 Å². The monoisotopic (exact) mass is 253 g/mol. The summed E-state index contributed by atoms with van der Waals surface area (Å²) in [5.74, 6) is 2.42. The Morgan fingerprint density at radius 3 is 3.05 bits per heavy atom. The summed E-state index contributed by atoms with van der Waals surface area (Å²) in [6.45, 7) is 2.32. The second kappa shape index (κ2) is 4.12. The van der Waals surface area contributed by atoms with Crippen molar-refractivity contribution in [3.63, 3.8) is 0 Å². The van der Waals surface area contributed by atoms with E-state index in [9.17, 15) is 0 Å². The van der Waals surface area contributed by atoms with Crippen molar-refractivity contribution >= 4 is 16.6 Å². The molecule has 4 unspecified atom stereocenters. The van der Waals surface area contributed by atoms with Gasteiger partial charge in [-0.1, -0.05) is 12.2 Å². The van der Waals surface area contributed by atoms with E-state index in [0.29, 0.717) is 6.04 Å². The summed E-state index contributed by atoms with van der Waals surface area (Å²) in [6.07, 6.45) is 9.42. The lowest BCUT2D eigenvalue weighted by Gasteiger charge is -2.27. The number of aromatic amines is 1. The van der Waals surface area contributed by atoms with Crippen LogP contribution in [-0.2, 0) is 0 Å². The molecule has 3 heteroatoms. The van der Waals surface area contributed by atoms with Crippen LogP contribution in [0.2, 0.25) is 0 Å². The number of nitrogens with zero attached hydrogens (tertiary/aromatic N) is 1. The first-order valence-electron chi connectivity index (χ1n) is 7.17. The molecule has 4 rings (SSSR count). The Hall–Kier alpha value is -1.77. The topological polar surface area (TPSA) is 40.7 Å². The maximum absolute atomic E-state index is 4.07. The molecule has 2 aliphatic rings. The molecule has 0 amide bonds. The number of H-pyrrole nitrogens is 1. The third-order valence-corrected chi connectivity index (χ3v) is 4.81. The molecule has 2 aliphatic carbocycles. The van der Waals surface area contributed by atoms with Gasteiger partial charge in [-0.25, -0.2) is 0 Å². The van der Waals surface area contributed by atoms with E-state index in [-0.39, 0.29) is 0 Å². The molecular formula is C16H19N3. The maximum atomic E-state index is 4.07. The molecule has 0 radical (unpaired) electrons. The van der Waals surface area contributed by atoms with Crippen LogP contribution in [0.4, 0.5) is 5.69 Å². The number of aromatic nitrogens is 2. The molecule has 1 heterocycles. The maximum Gasteiger partial charge on any atom is 0.0670 e. The zero-order valence-corrected chi connectivity index (χ0v) is 11.1. The quantitative estimate of drug-likeness (QED) is 0.821. The third-order valence-electron chi connectivity index (χ3n) is 4.81. The van der Waals surface area contributed by atoms with Gasteiger partial charge in [-0.15, -0.1) is 0 Å². The van der Waals surface area contributed by atoms with Gasteiger partial charge in [0.2, 0.25) is 0 Å². The average molecular weight is 253 g/mol. The van der Waals surface area contributed by atoms with Crippen molar-refractivity contribution in [3.8, 4) is 0 Å². The molecule has 1 aromatic heterocycles. The molecule has 4 atom stereocenters. The molecule has 2 bridgehead atoms. The molecule has 2 N–H and O–H groups in total. The zero-order valence-electron chi connectivity index (χ0n) is 11.1. The van der Waals surface area contributed by atoms with Crippen LogP contribution in [0.25, 0.3) is 10.9 Å². The standard InChI is InChI=1S/C16H19N3/c1-10(15-7-11-2-3-12(15)6-11)18-14-5-4-13-9-17-19-16(13)8-14/h2-5,8-12,15,18H,6-7H2,1H3,(H,17,19). The van der Waals surface area contributed by atoms with Crippen molar-refractivity contribution in [1.29, 1.82) is 0 Å². The molecular weight excluding hydrogens is 234 g/mol. The van der Waals surface area contributed by atoms with Gasteiger partial charge in [0.05, 0.1) is 11.7 Å². The lowest BCUT2D eigenvalue weighted by atomic mass is 9.87. The van der Waals surface area contributed by atoms with Crippen molar-refractivity contribution in [2.45, 2.75) is 25.8 Å². The number of benzene rings is 1. The smallest absolute Gasteiger partial charge is 0.0670 e. The highest BCUT2D eigenvalue weighted by Crippen LogP contribution is 2.45. The second-order valence-corrected chi connectivity index (χ2v) is 6.05. The van der Waals surface area contributed by atoms with Gasteiger partial charge in [0.15, 0.2) is 0 Å². The van der Waals surface area contributed by atoms with E-state index in [2.05, 4.69) is 52.8 Å². The van der Waals surface area contributed by atoms with E-state index in [1.54, 1.807) is 0 Å². The van der Waals surface area contributed by atoms with Crippen LogP contribution in [0.15, 0.2) is 36.5 Å². The van der Waals surface area contributed by atoms with Crippen molar-refractivity contribution < 1.29 is 0 Å². The number of rotatable bonds is 3.